The maximum Gasteiger partial charge on any atom is 0.573 e. The highest BCUT2D eigenvalue weighted by molar-refractivity contribution is 5.37. The second-order valence-electron chi connectivity index (χ2n) is 5.87. The van der Waals surface area contributed by atoms with E-state index in [1.165, 1.54) is 12.1 Å². The number of hydrogen-bond donors (Lipinski definition) is 0. The number of ether oxygens (including phenoxy) is 1. The third kappa shape index (κ3) is 5.23. The zero-order valence-electron chi connectivity index (χ0n) is 13.3. The molecule has 124 valence electrons. The highest BCUT2D eigenvalue weighted by Gasteiger charge is 2.31. The predicted octanol–water partition coefficient (Wildman–Crippen LogP) is 4.84. The molecule has 0 radical (unpaired) electrons. The lowest BCUT2D eigenvalue weighted by Crippen LogP contribution is -2.17. The van der Waals surface area contributed by atoms with Crippen LogP contribution in [0.3, 0.4) is 0 Å². The number of halogens is 3. The summed E-state index contributed by atoms with van der Waals surface area (Å²) >= 11 is 0. The van der Waals surface area contributed by atoms with Crippen LogP contribution in [0.15, 0.2) is 36.5 Å². The highest BCUT2D eigenvalue weighted by Crippen LogP contribution is 2.30. The Hall–Kier alpha value is -2.11. The van der Waals surface area contributed by atoms with Crippen molar-refractivity contribution in [2.24, 2.45) is 0 Å². The monoisotopic (exact) mass is 324 g/mol. The lowest BCUT2D eigenvalue weighted by Gasteiger charge is -2.16. The summed E-state index contributed by atoms with van der Waals surface area (Å²) in [6, 6.07) is 8.44. The van der Waals surface area contributed by atoms with E-state index in [9.17, 15) is 13.2 Å². The van der Waals surface area contributed by atoms with Crippen LogP contribution in [0, 0.1) is 0 Å². The first-order valence-electron chi connectivity index (χ1n) is 7.42. The van der Waals surface area contributed by atoms with Gasteiger partial charge in [-0.2, -0.15) is 10.2 Å². The summed E-state index contributed by atoms with van der Waals surface area (Å²) in [7, 11) is 0. The first-order valence-corrected chi connectivity index (χ1v) is 7.42. The van der Waals surface area contributed by atoms with Crippen LogP contribution in [-0.4, -0.2) is 16.6 Å². The normalized spacial score (nSPS) is 13.2. The van der Waals surface area contributed by atoms with Gasteiger partial charge in [-0.3, -0.25) is 0 Å². The number of alkyl halides is 3. The Morgan fingerprint density at radius 1 is 1.13 bits per heavy atom. The minimum Gasteiger partial charge on any atom is -0.406 e. The van der Waals surface area contributed by atoms with Crippen LogP contribution in [0.5, 0.6) is 5.75 Å². The molecule has 1 aromatic heterocycles. The lowest BCUT2D eigenvalue weighted by molar-refractivity contribution is -0.274. The second kappa shape index (κ2) is 6.98. The van der Waals surface area contributed by atoms with E-state index in [1.54, 1.807) is 12.3 Å². The quantitative estimate of drug-likeness (QED) is 0.789. The summed E-state index contributed by atoms with van der Waals surface area (Å²) in [5.74, 6) is -0.0211. The Bertz CT molecular complexity index is 642. The minimum absolute atomic E-state index is 0.0462. The fourth-order valence-corrected chi connectivity index (χ4v) is 2.36. The van der Waals surface area contributed by atoms with Gasteiger partial charge in [0.15, 0.2) is 0 Å². The van der Waals surface area contributed by atoms with Gasteiger partial charge < -0.3 is 4.74 Å². The molecule has 23 heavy (non-hydrogen) atoms. The van der Waals surface area contributed by atoms with Gasteiger partial charge >= 0.3 is 6.36 Å². The summed E-state index contributed by atoms with van der Waals surface area (Å²) < 4.78 is 41.6. The molecule has 0 aliphatic heterocycles. The van der Waals surface area contributed by atoms with Gasteiger partial charge in [-0.1, -0.05) is 26.8 Å². The van der Waals surface area contributed by atoms with Gasteiger partial charge in [-0.05, 0) is 47.7 Å². The number of aromatic nitrogens is 2. The minimum atomic E-state index is -4.69. The molecule has 6 heteroatoms. The number of nitrogens with zero attached hydrogens (tertiary/aromatic N) is 2. The van der Waals surface area contributed by atoms with Crippen LogP contribution in [0.4, 0.5) is 13.2 Å². The summed E-state index contributed by atoms with van der Waals surface area (Å²) in [6.45, 7) is 5.83. The molecule has 0 aliphatic rings. The summed E-state index contributed by atoms with van der Waals surface area (Å²) in [5.41, 5.74) is 2.41. The van der Waals surface area contributed by atoms with Crippen LogP contribution < -0.4 is 4.74 Å². The standard InChI is InChI=1S/C17H19F3N2O/c1-11(2)14-8-13(9-15(10-14)23-17(18,19)20)7-12(3)16-5-4-6-21-22-16/h4-6,8-12H,7H2,1-3H3/t12-/m0/s1. The maximum absolute atomic E-state index is 12.5. The van der Waals surface area contributed by atoms with Crippen LogP contribution in [0.1, 0.15) is 49.4 Å². The molecule has 1 heterocycles. The average molecular weight is 324 g/mol. The van der Waals surface area contributed by atoms with Gasteiger partial charge in [0.1, 0.15) is 5.75 Å². The van der Waals surface area contributed by atoms with Gasteiger partial charge in [0.2, 0.25) is 0 Å². The van der Waals surface area contributed by atoms with Crippen molar-refractivity contribution >= 4 is 0 Å². The Morgan fingerprint density at radius 3 is 2.43 bits per heavy atom. The zero-order chi connectivity index (χ0) is 17.0. The van der Waals surface area contributed by atoms with Crippen molar-refractivity contribution in [3.63, 3.8) is 0 Å². The molecular weight excluding hydrogens is 305 g/mol. The fourth-order valence-electron chi connectivity index (χ4n) is 2.36. The van der Waals surface area contributed by atoms with Crippen molar-refractivity contribution < 1.29 is 17.9 Å². The van der Waals surface area contributed by atoms with Gasteiger partial charge in [-0.15, -0.1) is 13.2 Å². The van der Waals surface area contributed by atoms with Crippen molar-refractivity contribution in [2.75, 3.05) is 0 Å². The molecule has 3 nitrogen and oxygen atoms in total. The molecule has 1 aromatic carbocycles. The van der Waals surface area contributed by atoms with E-state index < -0.39 is 6.36 Å². The van der Waals surface area contributed by atoms with E-state index in [-0.39, 0.29) is 17.6 Å². The molecule has 0 saturated heterocycles. The SMILES string of the molecule is CC(C)c1cc(C[C@H](C)c2cccnn2)cc(OC(F)(F)F)c1. The number of rotatable bonds is 5. The summed E-state index contributed by atoms with van der Waals surface area (Å²) in [6.07, 6.45) is -2.54. The topological polar surface area (TPSA) is 35.0 Å². The molecule has 0 saturated carbocycles. The Balaban J connectivity index is 2.26. The molecule has 2 rings (SSSR count). The van der Waals surface area contributed by atoms with Gasteiger partial charge in [-0.25, -0.2) is 0 Å². The molecule has 2 aromatic rings. The van der Waals surface area contributed by atoms with Crippen LogP contribution >= 0.6 is 0 Å². The molecule has 1 atom stereocenters. The molecule has 0 bridgehead atoms. The molecule has 0 fully saturated rings. The van der Waals surface area contributed by atoms with Gasteiger partial charge in [0, 0.05) is 12.1 Å². The van der Waals surface area contributed by atoms with Crippen LogP contribution in [0.25, 0.3) is 0 Å². The van der Waals surface area contributed by atoms with Crippen LogP contribution in [0.2, 0.25) is 0 Å². The highest BCUT2D eigenvalue weighted by atomic mass is 19.4. The van der Waals surface area contributed by atoms with Crippen molar-refractivity contribution in [1.29, 1.82) is 0 Å². The van der Waals surface area contributed by atoms with E-state index in [2.05, 4.69) is 14.9 Å². The van der Waals surface area contributed by atoms with Crippen molar-refractivity contribution in [3.05, 3.63) is 53.3 Å². The van der Waals surface area contributed by atoms with Crippen molar-refractivity contribution in [3.8, 4) is 5.75 Å². The first-order chi connectivity index (χ1) is 10.7. The van der Waals surface area contributed by atoms with E-state index in [0.29, 0.717) is 6.42 Å². The van der Waals surface area contributed by atoms with E-state index in [0.717, 1.165) is 16.8 Å². The number of hydrogen-bond acceptors (Lipinski definition) is 3. The number of benzene rings is 1. The third-order valence-electron chi connectivity index (χ3n) is 3.53. The van der Waals surface area contributed by atoms with E-state index in [1.807, 2.05) is 32.9 Å². The Kier molecular flexibility index (Phi) is 5.23. The Labute approximate surface area is 133 Å². The molecule has 0 aliphatic carbocycles. The zero-order valence-corrected chi connectivity index (χ0v) is 13.3. The Morgan fingerprint density at radius 2 is 1.87 bits per heavy atom. The molecule has 0 amide bonds. The average Bonchev–Trinajstić information content (AvgIpc) is 2.46. The largest absolute Gasteiger partial charge is 0.573 e. The van der Waals surface area contributed by atoms with Crippen molar-refractivity contribution in [2.45, 2.75) is 45.4 Å². The summed E-state index contributed by atoms with van der Waals surface area (Å²) in [5, 5.41) is 7.89. The smallest absolute Gasteiger partial charge is 0.406 e. The summed E-state index contributed by atoms with van der Waals surface area (Å²) in [4.78, 5) is 0. The van der Waals surface area contributed by atoms with Gasteiger partial charge in [0.25, 0.3) is 0 Å². The van der Waals surface area contributed by atoms with E-state index >= 15 is 0 Å². The molecule has 0 N–H and O–H groups in total. The first kappa shape index (κ1) is 17.2. The molecular formula is C17H19F3N2O. The lowest BCUT2D eigenvalue weighted by atomic mass is 9.94. The maximum atomic E-state index is 12.5. The van der Waals surface area contributed by atoms with Gasteiger partial charge in [0.05, 0.1) is 5.69 Å². The third-order valence-corrected chi connectivity index (χ3v) is 3.53. The van der Waals surface area contributed by atoms with E-state index in [4.69, 9.17) is 0 Å². The molecule has 0 unspecified atom stereocenters. The van der Waals surface area contributed by atoms with Crippen LogP contribution in [-0.2, 0) is 6.42 Å². The second-order valence-corrected chi connectivity index (χ2v) is 5.87. The van der Waals surface area contributed by atoms with Crippen molar-refractivity contribution in [1.82, 2.24) is 10.2 Å². The molecule has 0 spiro atoms. The predicted molar refractivity (Wildman–Crippen MR) is 81.4 cm³/mol. The fraction of sp³-hybridized carbons (Fsp3) is 0.412.